The summed E-state index contributed by atoms with van der Waals surface area (Å²) in [6, 6.07) is 10.3. The third-order valence-corrected chi connectivity index (χ3v) is 12.6. The Balaban J connectivity index is 1.80. The normalized spacial score (nSPS) is 12.4. The van der Waals surface area contributed by atoms with Crippen LogP contribution in [0.15, 0.2) is 52.8 Å². The van der Waals surface area contributed by atoms with Gasteiger partial charge in [0.25, 0.3) is 0 Å². The van der Waals surface area contributed by atoms with Crippen LogP contribution in [0.4, 0.5) is 0 Å². The Labute approximate surface area is 255 Å². The van der Waals surface area contributed by atoms with Crippen molar-refractivity contribution in [3.63, 3.8) is 0 Å². The summed E-state index contributed by atoms with van der Waals surface area (Å²) in [5, 5.41) is 23.5. The van der Waals surface area contributed by atoms with Crippen molar-refractivity contribution in [3.8, 4) is 29.3 Å². The second kappa shape index (κ2) is 13.5. The SMILES string of the molecule is CC=CSC(=C(C)CC)c1cc(CC(=O)O)c(-c2ccc(-c3sc(-c4sccc4C(C)C)cc3CC(=O)O)s2)s1. The van der Waals surface area contributed by atoms with E-state index in [0.29, 0.717) is 5.92 Å². The molecule has 0 aliphatic heterocycles. The van der Waals surface area contributed by atoms with E-state index in [-0.39, 0.29) is 12.8 Å². The Bertz CT molecular complexity index is 1570. The molecule has 4 nitrogen and oxygen atoms in total. The van der Waals surface area contributed by atoms with Crippen molar-refractivity contribution in [1.82, 2.24) is 0 Å². The molecule has 0 spiro atoms. The Morgan fingerprint density at radius 2 is 1.52 bits per heavy atom. The van der Waals surface area contributed by atoms with Gasteiger partial charge in [0.05, 0.1) is 12.8 Å². The average molecular weight is 629 g/mol. The van der Waals surface area contributed by atoms with Crippen molar-refractivity contribution >= 4 is 74.0 Å². The molecule has 4 aromatic rings. The molecule has 0 aliphatic rings. The zero-order chi connectivity index (χ0) is 29.0. The first-order valence-electron chi connectivity index (χ1n) is 13.0. The maximum Gasteiger partial charge on any atom is 0.307 e. The standard InChI is InChI=1S/C31H32O4S5/c1-6-11-36-28(18(5)7-2)24-13-19(15-26(32)33)29(39-24)22-8-9-23(38-22)30-20(16-27(34)35)14-25(40-30)31-21(17(3)4)10-12-37-31/h6,8-14,17H,7,15-16H2,1-5H3,(H,32,33)(H,34,35). The zero-order valence-electron chi connectivity index (χ0n) is 23.1. The fourth-order valence-corrected chi connectivity index (χ4v) is 10.2. The van der Waals surface area contributed by atoms with E-state index in [2.05, 4.69) is 44.5 Å². The molecule has 4 aromatic heterocycles. The lowest BCUT2D eigenvalue weighted by Gasteiger charge is -2.06. The predicted molar refractivity (Wildman–Crippen MR) is 176 cm³/mol. The molecule has 0 saturated carbocycles. The maximum atomic E-state index is 11.8. The fourth-order valence-electron chi connectivity index (χ4n) is 4.31. The van der Waals surface area contributed by atoms with Gasteiger partial charge in [0.15, 0.2) is 0 Å². The summed E-state index contributed by atoms with van der Waals surface area (Å²) < 4.78 is 0. The minimum Gasteiger partial charge on any atom is -0.481 e. The van der Waals surface area contributed by atoms with Crippen LogP contribution >= 0.6 is 57.1 Å². The number of hydrogen-bond donors (Lipinski definition) is 2. The molecule has 0 amide bonds. The van der Waals surface area contributed by atoms with Gasteiger partial charge in [0.2, 0.25) is 0 Å². The largest absolute Gasteiger partial charge is 0.481 e. The van der Waals surface area contributed by atoms with Gasteiger partial charge in [-0.05, 0) is 84.0 Å². The number of allylic oxidation sites excluding steroid dienone is 2. The van der Waals surface area contributed by atoms with E-state index in [1.165, 1.54) is 20.9 Å². The van der Waals surface area contributed by atoms with Crippen LogP contribution in [0.3, 0.4) is 0 Å². The van der Waals surface area contributed by atoms with Crippen LogP contribution in [0.1, 0.15) is 68.5 Å². The second-order valence-electron chi connectivity index (χ2n) is 9.64. The van der Waals surface area contributed by atoms with Crippen molar-refractivity contribution in [2.24, 2.45) is 0 Å². The summed E-state index contributed by atoms with van der Waals surface area (Å²) in [7, 11) is 0. The summed E-state index contributed by atoms with van der Waals surface area (Å²) in [5.41, 5.74) is 4.16. The lowest BCUT2D eigenvalue weighted by molar-refractivity contribution is -0.137. The first-order chi connectivity index (χ1) is 19.1. The van der Waals surface area contributed by atoms with E-state index in [1.807, 2.05) is 37.3 Å². The van der Waals surface area contributed by atoms with Crippen molar-refractivity contribution in [2.45, 2.75) is 59.8 Å². The topological polar surface area (TPSA) is 74.6 Å². The minimum atomic E-state index is -0.857. The Morgan fingerprint density at radius 3 is 2.10 bits per heavy atom. The Kier molecular flexibility index (Phi) is 10.3. The first-order valence-corrected chi connectivity index (χ1v) is 17.2. The number of carboxylic acids is 2. The minimum absolute atomic E-state index is 0.0402. The Morgan fingerprint density at radius 1 is 0.900 bits per heavy atom. The average Bonchev–Trinajstić information content (AvgIpc) is 3.68. The summed E-state index contributed by atoms with van der Waals surface area (Å²) >= 11 is 8.24. The Hall–Kier alpha value is -2.43. The van der Waals surface area contributed by atoms with Crippen molar-refractivity contribution in [3.05, 3.63) is 74.3 Å². The zero-order valence-corrected chi connectivity index (χ0v) is 27.2. The van der Waals surface area contributed by atoms with Gasteiger partial charge in [-0.1, -0.05) is 44.2 Å². The van der Waals surface area contributed by atoms with E-state index >= 15 is 0 Å². The molecular weight excluding hydrogens is 597 g/mol. The van der Waals surface area contributed by atoms with Crippen molar-refractivity contribution in [2.75, 3.05) is 0 Å². The predicted octanol–water partition coefficient (Wildman–Crippen LogP) is 10.7. The van der Waals surface area contributed by atoms with Crippen LogP contribution in [0.2, 0.25) is 0 Å². The number of carbonyl (C=O) groups is 2. The number of rotatable bonds is 12. The van der Waals surface area contributed by atoms with Crippen molar-refractivity contribution in [1.29, 1.82) is 0 Å². The molecule has 4 heterocycles. The molecule has 9 heteroatoms. The second-order valence-corrected chi connectivity index (χ2v) is 14.7. The van der Waals surface area contributed by atoms with E-state index < -0.39 is 11.9 Å². The van der Waals surface area contributed by atoms with Gasteiger partial charge in [-0.3, -0.25) is 9.59 Å². The smallest absolute Gasteiger partial charge is 0.307 e. The third kappa shape index (κ3) is 6.89. The van der Waals surface area contributed by atoms with Gasteiger partial charge >= 0.3 is 11.9 Å². The van der Waals surface area contributed by atoms with Crippen LogP contribution in [0.5, 0.6) is 0 Å². The highest BCUT2D eigenvalue weighted by molar-refractivity contribution is 8.11. The molecule has 2 N–H and O–H groups in total. The monoisotopic (exact) mass is 628 g/mol. The number of thioether (sulfide) groups is 1. The lowest BCUT2D eigenvalue weighted by Crippen LogP contribution is -1.99. The molecule has 0 aliphatic carbocycles. The lowest BCUT2D eigenvalue weighted by atomic mass is 10.0. The summed E-state index contributed by atoms with van der Waals surface area (Å²) in [5.74, 6) is -1.33. The fraction of sp³-hybridized carbons (Fsp3) is 0.290. The highest BCUT2D eigenvalue weighted by Gasteiger charge is 2.22. The van der Waals surface area contributed by atoms with Crippen LogP contribution in [-0.4, -0.2) is 22.2 Å². The van der Waals surface area contributed by atoms with Crippen LogP contribution in [0, 0.1) is 0 Å². The molecular formula is C31H32O4S5. The van der Waals surface area contributed by atoms with E-state index in [4.69, 9.17) is 0 Å². The van der Waals surface area contributed by atoms with E-state index in [0.717, 1.165) is 46.8 Å². The molecule has 210 valence electrons. The summed E-state index contributed by atoms with van der Waals surface area (Å²) in [6.45, 7) is 10.6. The molecule has 0 saturated heterocycles. The number of hydrogen-bond acceptors (Lipinski definition) is 7. The molecule has 0 aromatic carbocycles. The maximum absolute atomic E-state index is 11.8. The van der Waals surface area contributed by atoms with Crippen LogP contribution in [-0.2, 0) is 22.4 Å². The van der Waals surface area contributed by atoms with Gasteiger partial charge in [-0.15, -0.1) is 45.3 Å². The number of thiophene rings is 4. The first kappa shape index (κ1) is 30.5. The quantitative estimate of drug-likeness (QED) is 0.163. The van der Waals surface area contributed by atoms with Crippen LogP contribution < -0.4 is 0 Å². The molecule has 0 fully saturated rings. The van der Waals surface area contributed by atoms with Gasteiger partial charge in [-0.2, -0.15) is 0 Å². The molecule has 0 atom stereocenters. The molecule has 4 rings (SSSR count). The van der Waals surface area contributed by atoms with Gasteiger partial charge in [-0.25, -0.2) is 0 Å². The van der Waals surface area contributed by atoms with E-state index in [9.17, 15) is 19.8 Å². The summed E-state index contributed by atoms with van der Waals surface area (Å²) in [6.07, 6.45) is 2.84. The molecule has 40 heavy (non-hydrogen) atoms. The van der Waals surface area contributed by atoms with Gasteiger partial charge < -0.3 is 10.2 Å². The molecule has 0 unspecified atom stereocenters. The molecule has 0 radical (unpaired) electrons. The number of aliphatic carboxylic acids is 2. The van der Waals surface area contributed by atoms with Gasteiger partial charge in [0.1, 0.15) is 0 Å². The van der Waals surface area contributed by atoms with Crippen LogP contribution in [0.25, 0.3) is 34.2 Å². The molecule has 0 bridgehead atoms. The highest BCUT2D eigenvalue weighted by Crippen LogP contribution is 2.48. The van der Waals surface area contributed by atoms with Gasteiger partial charge in [0, 0.05) is 39.0 Å². The number of carboxylic acid groups (broad SMARTS) is 2. The summed E-state index contributed by atoms with van der Waals surface area (Å²) in [4.78, 5) is 32.0. The van der Waals surface area contributed by atoms with Crippen molar-refractivity contribution < 1.29 is 19.8 Å². The van der Waals surface area contributed by atoms with E-state index in [1.54, 1.807) is 57.1 Å². The highest BCUT2D eigenvalue weighted by atomic mass is 32.2. The third-order valence-electron chi connectivity index (χ3n) is 6.36.